The smallest absolute Gasteiger partial charge is 0.253 e. The van der Waals surface area contributed by atoms with Crippen LogP contribution in [-0.4, -0.2) is 54.1 Å². The highest BCUT2D eigenvalue weighted by Gasteiger charge is 2.23. The molecule has 0 saturated carbocycles. The summed E-state index contributed by atoms with van der Waals surface area (Å²) >= 11 is 0. The van der Waals surface area contributed by atoms with Gasteiger partial charge >= 0.3 is 0 Å². The number of aryl methyl sites for hydroxylation is 1. The molecular formula is C21H22N4O2. The summed E-state index contributed by atoms with van der Waals surface area (Å²) in [6.07, 6.45) is 0. The van der Waals surface area contributed by atoms with Crippen LogP contribution in [0.3, 0.4) is 0 Å². The Hall–Kier alpha value is -3.15. The Morgan fingerprint density at radius 2 is 1.70 bits per heavy atom. The number of carbonyl (C=O) groups is 1. The second-order valence-corrected chi connectivity index (χ2v) is 6.66. The molecule has 0 bridgehead atoms. The van der Waals surface area contributed by atoms with Gasteiger partial charge in [-0.25, -0.2) is 4.98 Å². The maximum absolute atomic E-state index is 12.9. The van der Waals surface area contributed by atoms with Gasteiger partial charge in [0.2, 0.25) is 5.88 Å². The van der Waals surface area contributed by atoms with Gasteiger partial charge in [0, 0.05) is 37.8 Å². The molecule has 3 aromatic rings. The SMILES string of the molecule is COc1cc(N2CCN(C(=O)c3ccc4ccccc4c3)CC2)nc(C)n1. The summed E-state index contributed by atoms with van der Waals surface area (Å²) in [7, 11) is 1.60. The van der Waals surface area contributed by atoms with E-state index in [1.165, 1.54) is 0 Å². The van der Waals surface area contributed by atoms with Gasteiger partial charge in [0.1, 0.15) is 11.6 Å². The molecule has 0 atom stereocenters. The van der Waals surface area contributed by atoms with E-state index in [0.29, 0.717) is 24.8 Å². The van der Waals surface area contributed by atoms with Crippen LogP contribution in [0.2, 0.25) is 0 Å². The largest absolute Gasteiger partial charge is 0.481 e. The molecule has 138 valence electrons. The summed E-state index contributed by atoms with van der Waals surface area (Å²) in [5.41, 5.74) is 0.738. The zero-order chi connectivity index (χ0) is 18.8. The molecule has 1 fully saturated rings. The zero-order valence-electron chi connectivity index (χ0n) is 15.6. The highest BCUT2D eigenvalue weighted by atomic mass is 16.5. The van der Waals surface area contributed by atoms with E-state index in [4.69, 9.17) is 4.74 Å². The monoisotopic (exact) mass is 362 g/mol. The fraction of sp³-hybridized carbons (Fsp3) is 0.286. The summed E-state index contributed by atoms with van der Waals surface area (Å²) in [4.78, 5) is 25.7. The van der Waals surface area contributed by atoms with Gasteiger partial charge in [-0.15, -0.1) is 0 Å². The van der Waals surface area contributed by atoms with Gasteiger partial charge in [-0.05, 0) is 29.8 Å². The molecule has 1 saturated heterocycles. The number of methoxy groups -OCH3 is 1. The van der Waals surface area contributed by atoms with Gasteiger partial charge < -0.3 is 14.5 Å². The molecule has 6 nitrogen and oxygen atoms in total. The predicted octanol–water partition coefficient (Wildman–Crippen LogP) is 2.91. The summed E-state index contributed by atoms with van der Waals surface area (Å²) in [5, 5.41) is 2.23. The minimum Gasteiger partial charge on any atom is -0.481 e. The van der Waals surface area contributed by atoms with Crippen LogP contribution >= 0.6 is 0 Å². The van der Waals surface area contributed by atoms with E-state index < -0.39 is 0 Å². The summed E-state index contributed by atoms with van der Waals surface area (Å²) in [6, 6.07) is 15.8. The van der Waals surface area contributed by atoms with E-state index in [-0.39, 0.29) is 5.91 Å². The number of aromatic nitrogens is 2. The molecule has 1 aliphatic rings. The van der Waals surface area contributed by atoms with Crippen LogP contribution in [0, 0.1) is 6.92 Å². The van der Waals surface area contributed by atoms with E-state index in [1.54, 1.807) is 7.11 Å². The first-order valence-corrected chi connectivity index (χ1v) is 9.07. The number of fused-ring (bicyclic) bond motifs is 1. The Morgan fingerprint density at radius 3 is 2.44 bits per heavy atom. The van der Waals surface area contributed by atoms with Crippen molar-refractivity contribution >= 4 is 22.5 Å². The van der Waals surface area contributed by atoms with Crippen LogP contribution < -0.4 is 9.64 Å². The lowest BCUT2D eigenvalue weighted by molar-refractivity contribution is 0.0746. The molecular weight excluding hydrogens is 340 g/mol. The molecule has 2 aromatic carbocycles. The molecule has 0 aliphatic carbocycles. The predicted molar refractivity (Wildman–Crippen MR) is 105 cm³/mol. The minimum atomic E-state index is 0.0804. The highest BCUT2D eigenvalue weighted by molar-refractivity contribution is 5.98. The summed E-state index contributed by atoms with van der Waals surface area (Å²) < 4.78 is 5.24. The van der Waals surface area contributed by atoms with Crippen LogP contribution in [0.15, 0.2) is 48.5 Å². The summed E-state index contributed by atoms with van der Waals surface area (Å²) in [6.45, 7) is 4.65. The molecule has 4 rings (SSSR count). The number of benzene rings is 2. The molecule has 6 heteroatoms. The van der Waals surface area contributed by atoms with Gasteiger partial charge in [0.05, 0.1) is 7.11 Å². The summed E-state index contributed by atoms with van der Waals surface area (Å²) in [5.74, 6) is 2.17. The topological polar surface area (TPSA) is 58.6 Å². The second-order valence-electron chi connectivity index (χ2n) is 6.66. The van der Waals surface area contributed by atoms with Gasteiger partial charge in [0.15, 0.2) is 0 Å². The van der Waals surface area contributed by atoms with Gasteiger partial charge in [-0.1, -0.05) is 30.3 Å². The average Bonchev–Trinajstić information content (AvgIpc) is 2.72. The number of ether oxygens (including phenoxy) is 1. The first-order valence-electron chi connectivity index (χ1n) is 9.07. The van der Waals surface area contributed by atoms with E-state index in [2.05, 4.69) is 20.9 Å². The minimum absolute atomic E-state index is 0.0804. The number of piperazine rings is 1. The van der Waals surface area contributed by atoms with Crippen LogP contribution in [0.25, 0.3) is 10.8 Å². The third kappa shape index (κ3) is 3.56. The lowest BCUT2D eigenvalue weighted by Gasteiger charge is -2.35. The van der Waals surface area contributed by atoms with Crippen molar-refractivity contribution in [1.82, 2.24) is 14.9 Å². The van der Waals surface area contributed by atoms with Crippen molar-refractivity contribution in [2.24, 2.45) is 0 Å². The molecule has 1 amide bonds. The lowest BCUT2D eigenvalue weighted by atomic mass is 10.1. The van der Waals surface area contributed by atoms with Gasteiger partial charge in [-0.2, -0.15) is 4.98 Å². The van der Waals surface area contributed by atoms with Crippen molar-refractivity contribution in [1.29, 1.82) is 0 Å². The molecule has 2 heterocycles. The maximum atomic E-state index is 12.9. The Kier molecular flexibility index (Phi) is 4.62. The average molecular weight is 362 g/mol. The standard InChI is InChI=1S/C21H22N4O2/c1-15-22-19(14-20(23-15)27-2)24-9-11-25(12-10-24)21(26)18-8-7-16-5-3-4-6-17(16)13-18/h3-8,13-14H,9-12H2,1-2H3. The molecule has 0 N–H and O–H groups in total. The Balaban J connectivity index is 1.46. The fourth-order valence-electron chi connectivity index (χ4n) is 3.44. The molecule has 0 unspecified atom stereocenters. The third-order valence-electron chi connectivity index (χ3n) is 4.90. The van der Waals surface area contributed by atoms with Gasteiger partial charge in [0.25, 0.3) is 5.91 Å². The van der Waals surface area contributed by atoms with Crippen molar-refractivity contribution in [2.75, 3.05) is 38.2 Å². The van der Waals surface area contributed by atoms with Crippen molar-refractivity contribution in [3.05, 3.63) is 59.9 Å². The number of nitrogens with zero attached hydrogens (tertiary/aromatic N) is 4. The van der Waals surface area contributed by atoms with Crippen molar-refractivity contribution < 1.29 is 9.53 Å². The highest BCUT2D eigenvalue weighted by Crippen LogP contribution is 2.21. The van der Waals surface area contributed by atoms with Crippen molar-refractivity contribution in [3.8, 4) is 5.88 Å². The second kappa shape index (κ2) is 7.23. The molecule has 27 heavy (non-hydrogen) atoms. The van der Waals surface area contributed by atoms with Gasteiger partial charge in [-0.3, -0.25) is 4.79 Å². The number of hydrogen-bond acceptors (Lipinski definition) is 5. The fourth-order valence-corrected chi connectivity index (χ4v) is 3.44. The van der Waals surface area contributed by atoms with E-state index >= 15 is 0 Å². The molecule has 1 aromatic heterocycles. The molecule has 0 spiro atoms. The Labute approximate surface area is 158 Å². The Morgan fingerprint density at radius 1 is 0.963 bits per heavy atom. The first-order chi connectivity index (χ1) is 13.1. The van der Waals surface area contributed by atoms with Crippen molar-refractivity contribution in [2.45, 2.75) is 6.92 Å². The normalized spacial score (nSPS) is 14.4. The number of rotatable bonds is 3. The lowest BCUT2D eigenvalue weighted by Crippen LogP contribution is -2.49. The number of amides is 1. The van der Waals surface area contributed by atoms with Crippen LogP contribution in [0.1, 0.15) is 16.2 Å². The zero-order valence-corrected chi connectivity index (χ0v) is 15.6. The van der Waals surface area contributed by atoms with Crippen LogP contribution in [0.5, 0.6) is 5.88 Å². The van der Waals surface area contributed by atoms with E-state index in [0.717, 1.165) is 35.2 Å². The van der Waals surface area contributed by atoms with Crippen LogP contribution in [0.4, 0.5) is 5.82 Å². The van der Waals surface area contributed by atoms with E-state index in [9.17, 15) is 4.79 Å². The Bertz CT molecular complexity index is 981. The maximum Gasteiger partial charge on any atom is 0.253 e. The quantitative estimate of drug-likeness (QED) is 0.717. The van der Waals surface area contributed by atoms with E-state index in [1.807, 2.05) is 54.3 Å². The number of anilines is 1. The molecule has 1 aliphatic heterocycles. The third-order valence-corrected chi connectivity index (χ3v) is 4.90. The number of hydrogen-bond donors (Lipinski definition) is 0. The number of carbonyl (C=O) groups excluding carboxylic acids is 1. The first kappa shape index (κ1) is 17.3. The van der Waals surface area contributed by atoms with Crippen LogP contribution in [-0.2, 0) is 0 Å². The molecule has 0 radical (unpaired) electrons. The van der Waals surface area contributed by atoms with Crippen molar-refractivity contribution in [3.63, 3.8) is 0 Å².